The van der Waals surface area contributed by atoms with E-state index in [0.29, 0.717) is 11.5 Å². The minimum Gasteiger partial charge on any atom is -0.504 e. The number of piperazine rings is 1. The second-order valence-corrected chi connectivity index (χ2v) is 6.27. The molecule has 0 aromatic heterocycles. The van der Waals surface area contributed by atoms with Crippen LogP contribution in [-0.2, 0) is 0 Å². The number of nitro groups is 1. The van der Waals surface area contributed by atoms with Gasteiger partial charge in [0, 0.05) is 43.9 Å². The lowest BCUT2D eigenvalue weighted by Crippen LogP contribution is -2.45. The van der Waals surface area contributed by atoms with E-state index in [1.165, 1.54) is 19.2 Å². The second kappa shape index (κ2) is 7.61. The van der Waals surface area contributed by atoms with Gasteiger partial charge in [0.15, 0.2) is 11.5 Å². The number of hydrogen-bond donors (Lipinski definition) is 2. The SMILES string of the molecule is COc1cc([N+](=O)[O-])cc([C@H](CC(C)C)N2CCNCC2)c1O. The summed E-state index contributed by atoms with van der Waals surface area (Å²) in [6, 6.07) is 2.68. The molecule has 0 radical (unpaired) electrons. The molecule has 0 saturated carbocycles. The average molecular weight is 323 g/mol. The summed E-state index contributed by atoms with van der Waals surface area (Å²) >= 11 is 0. The van der Waals surface area contributed by atoms with Crippen molar-refractivity contribution >= 4 is 5.69 Å². The highest BCUT2D eigenvalue weighted by Gasteiger charge is 2.29. The Hall–Kier alpha value is -1.86. The van der Waals surface area contributed by atoms with E-state index < -0.39 is 4.92 Å². The van der Waals surface area contributed by atoms with Gasteiger partial charge in [-0.05, 0) is 12.3 Å². The van der Waals surface area contributed by atoms with Gasteiger partial charge in [-0.25, -0.2) is 0 Å². The standard InChI is InChI=1S/C16H25N3O4/c1-11(2)8-14(18-6-4-17-5-7-18)13-9-12(19(21)22)10-15(23-3)16(13)20/h9-11,14,17,20H,4-8H2,1-3H3/t14-/m0/s1. The van der Waals surface area contributed by atoms with Crippen molar-refractivity contribution in [3.05, 3.63) is 27.8 Å². The van der Waals surface area contributed by atoms with Gasteiger partial charge in [-0.15, -0.1) is 0 Å². The van der Waals surface area contributed by atoms with Crippen molar-refractivity contribution in [1.82, 2.24) is 10.2 Å². The van der Waals surface area contributed by atoms with Gasteiger partial charge in [0.1, 0.15) is 0 Å². The Kier molecular flexibility index (Phi) is 5.79. The van der Waals surface area contributed by atoms with Crippen LogP contribution in [0.2, 0.25) is 0 Å². The molecule has 0 aliphatic carbocycles. The Labute approximate surface area is 136 Å². The zero-order chi connectivity index (χ0) is 17.0. The van der Waals surface area contributed by atoms with Crippen LogP contribution < -0.4 is 10.1 Å². The predicted octanol–water partition coefficient (Wildman–Crippen LogP) is 2.30. The van der Waals surface area contributed by atoms with Crippen molar-refractivity contribution in [1.29, 1.82) is 0 Å². The largest absolute Gasteiger partial charge is 0.504 e. The molecule has 7 heteroatoms. The number of phenols is 1. The molecule has 0 unspecified atom stereocenters. The van der Waals surface area contributed by atoms with Crippen molar-refractivity contribution in [2.24, 2.45) is 5.92 Å². The number of ether oxygens (including phenoxy) is 1. The van der Waals surface area contributed by atoms with Crippen LogP contribution in [0.3, 0.4) is 0 Å². The molecule has 7 nitrogen and oxygen atoms in total. The summed E-state index contributed by atoms with van der Waals surface area (Å²) in [4.78, 5) is 13.0. The van der Waals surface area contributed by atoms with Gasteiger partial charge in [-0.1, -0.05) is 13.8 Å². The topological polar surface area (TPSA) is 87.9 Å². The summed E-state index contributed by atoms with van der Waals surface area (Å²) in [5, 5.41) is 25.0. The summed E-state index contributed by atoms with van der Waals surface area (Å²) in [5.74, 6) is 0.555. The number of non-ortho nitro benzene ring substituents is 1. The van der Waals surface area contributed by atoms with Crippen molar-refractivity contribution in [2.75, 3.05) is 33.3 Å². The number of nitrogens with one attached hydrogen (secondary N) is 1. The third-order valence-corrected chi connectivity index (χ3v) is 4.17. The summed E-state index contributed by atoms with van der Waals surface area (Å²) in [5.41, 5.74) is 0.519. The van der Waals surface area contributed by atoms with Crippen LogP contribution in [-0.4, -0.2) is 48.2 Å². The third-order valence-electron chi connectivity index (χ3n) is 4.17. The van der Waals surface area contributed by atoms with Gasteiger partial charge in [0.25, 0.3) is 5.69 Å². The molecule has 0 spiro atoms. The predicted molar refractivity (Wildman–Crippen MR) is 88.0 cm³/mol. The highest BCUT2D eigenvalue weighted by atomic mass is 16.6. The number of phenolic OH excluding ortho intramolecular Hbond substituents is 1. The first kappa shape index (κ1) is 17.5. The van der Waals surface area contributed by atoms with E-state index in [0.717, 1.165) is 32.6 Å². The van der Waals surface area contributed by atoms with Gasteiger partial charge in [0.05, 0.1) is 18.1 Å². The van der Waals surface area contributed by atoms with Crippen molar-refractivity contribution in [2.45, 2.75) is 26.3 Å². The second-order valence-electron chi connectivity index (χ2n) is 6.27. The first-order valence-corrected chi connectivity index (χ1v) is 7.94. The number of methoxy groups -OCH3 is 1. The summed E-state index contributed by atoms with van der Waals surface area (Å²) in [6.45, 7) is 7.67. The maximum Gasteiger partial charge on any atom is 0.273 e. The molecule has 1 aromatic rings. The number of benzene rings is 1. The smallest absolute Gasteiger partial charge is 0.273 e. The van der Waals surface area contributed by atoms with Crippen molar-refractivity contribution in [3.8, 4) is 11.5 Å². The van der Waals surface area contributed by atoms with Gasteiger partial charge in [-0.2, -0.15) is 0 Å². The molecule has 23 heavy (non-hydrogen) atoms. The summed E-state index contributed by atoms with van der Waals surface area (Å²) < 4.78 is 5.13. The minimum atomic E-state index is -0.449. The maximum atomic E-state index is 11.2. The van der Waals surface area contributed by atoms with Gasteiger partial charge in [-0.3, -0.25) is 15.0 Å². The molecule has 1 fully saturated rings. The van der Waals surface area contributed by atoms with E-state index in [2.05, 4.69) is 24.1 Å². The van der Waals surface area contributed by atoms with Crippen molar-refractivity contribution in [3.63, 3.8) is 0 Å². The molecule has 2 rings (SSSR count). The maximum absolute atomic E-state index is 11.2. The van der Waals surface area contributed by atoms with E-state index in [-0.39, 0.29) is 23.2 Å². The molecule has 2 N–H and O–H groups in total. The highest BCUT2D eigenvalue weighted by molar-refractivity contribution is 5.54. The van der Waals surface area contributed by atoms with Crippen molar-refractivity contribution < 1.29 is 14.8 Å². The third kappa shape index (κ3) is 4.11. The van der Waals surface area contributed by atoms with Gasteiger partial charge in [0.2, 0.25) is 0 Å². The lowest BCUT2D eigenvalue weighted by molar-refractivity contribution is -0.385. The Morgan fingerprint density at radius 2 is 2.04 bits per heavy atom. The van der Waals surface area contributed by atoms with E-state index in [1.807, 2.05) is 0 Å². The Morgan fingerprint density at radius 3 is 2.57 bits per heavy atom. The molecule has 1 aliphatic heterocycles. The lowest BCUT2D eigenvalue weighted by Gasteiger charge is -2.36. The lowest BCUT2D eigenvalue weighted by atomic mass is 9.93. The van der Waals surface area contributed by atoms with Crippen LogP contribution in [0.25, 0.3) is 0 Å². The van der Waals surface area contributed by atoms with Crippen LogP contribution in [0.4, 0.5) is 5.69 Å². The molecule has 1 saturated heterocycles. The zero-order valence-corrected chi connectivity index (χ0v) is 13.9. The number of rotatable bonds is 6. The fourth-order valence-electron chi connectivity index (χ4n) is 3.04. The summed E-state index contributed by atoms with van der Waals surface area (Å²) in [7, 11) is 1.41. The van der Waals surface area contributed by atoms with Gasteiger partial charge < -0.3 is 15.2 Å². The first-order chi connectivity index (χ1) is 10.9. The highest BCUT2D eigenvalue weighted by Crippen LogP contribution is 2.41. The Bertz CT molecular complexity index is 557. The van der Waals surface area contributed by atoms with Crippen LogP contribution in [0.1, 0.15) is 31.9 Å². The van der Waals surface area contributed by atoms with Crippen LogP contribution in [0.5, 0.6) is 11.5 Å². The monoisotopic (exact) mass is 323 g/mol. The molecule has 1 aliphatic rings. The molecule has 1 atom stereocenters. The molecule has 128 valence electrons. The van der Waals surface area contributed by atoms with E-state index in [9.17, 15) is 15.2 Å². The molecular weight excluding hydrogens is 298 g/mol. The quantitative estimate of drug-likeness (QED) is 0.617. The molecule has 0 bridgehead atoms. The van der Waals surface area contributed by atoms with E-state index >= 15 is 0 Å². The Morgan fingerprint density at radius 1 is 1.39 bits per heavy atom. The molecule has 1 heterocycles. The van der Waals surface area contributed by atoms with Crippen LogP contribution >= 0.6 is 0 Å². The number of nitro benzene ring substituents is 1. The number of nitrogens with zero attached hydrogens (tertiary/aromatic N) is 2. The number of aromatic hydroxyl groups is 1. The molecule has 1 aromatic carbocycles. The van der Waals surface area contributed by atoms with Crippen LogP contribution in [0, 0.1) is 16.0 Å². The zero-order valence-electron chi connectivity index (χ0n) is 13.9. The first-order valence-electron chi connectivity index (χ1n) is 7.94. The molecular formula is C16H25N3O4. The van der Waals surface area contributed by atoms with E-state index in [4.69, 9.17) is 4.74 Å². The molecule has 0 amide bonds. The normalized spacial score (nSPS) is 17.2. The minimum absolute atomic E-state index is 0.00211. The fourth-order valence-corrected chi connectivity index (χ4v) is 3.04. The Balaban J connectivity index is 2.47. The van der Waals surface area contributed by atoms with Crippen LogP contribution in [0.15, 0.2) is 12.1 Å². The number of hydrogen-bond acceptors (Lipinski definition) is 6. The summed E-state index contributed by atoms with van der Waals surface area (Å²) in [6.07, 6.45) is 0.817. The van der Waals surface area contributed by atoms with Gasteiger partial charge >= 0.3 is 0 Å². The average Bonchev–Trinajstić information content (AvgIpc) is 2.53. The van der Waals surface area contributed by atoms with E-state index in [1.54, 1.807) is 0 Å². The fraction of sp³-hybridized carbons (Fsp3) is 0.625.